The monoisotopic (exact) mass is 394 g/mol. The molecule has 2 aliphatic rings. The summed E-state index contributed by atoms with van der Waals surface area (Å²) in [5.74, 6) is -0.0806. The number of benzene rings is 1. The Morgan fingerprint density at radius 2 is 1.63 bits per heavy atom. The zero-order valence-electron chi connectivity index (χ0n) is 16.8. The van der Waals surface area contributed by atoms with Crippen LogP contribution in [0.1, 0.15) is 51.0 Å². The molecule has 3 rings (SSSR count). The van der Waals surface area contributed by atoms with Gasteiger partial charge in [-0.05, 0) is 63.1 Å². The lowest BCUT2D eigenvalue weighted by molar-refractivity contribution is -0.927. The van der Waals surface area contributed by atoms with E-state index >= 15 is 0 Å². The normalized spacial score (nSPS) is 19.2. The summed E-state index contributed by atoms with van der Waals surface area (Å²) in [4.78, 5) is 14.0. The van der Waals surface area contributed by atoms with Crippen LogP contribution in [-0.4, -0.2) is 56.3 Å². The molecule has 1 aromatic carbocycles. The van der Waals surface area contributed by atoms with E-state index in [0.29, 0.717) is 13.0 Å². The third-order valence-corrected chi connectivity index (χ3v) is 6.16. The number of halogens is 1. The number of carbonyl (C=O) groups is 1. The molecule has 0 saturated carbocycles. The van der Waals surface area contributed by atoms with Gasteiger partial charge < -0.3 is 26.5 Å². The molecular weight excluding hydrogens is 360 g/mol. The first kappa shape index (κ1) is 22.0. The van der Waals surface area contributed by atoms with Crippen LogP contribution in [0.3, 0.4) is 0 Å². The Morgan fingerprint density at radius 3 is 2.22 bits per heavy atom. The zero-order chi connectivity index (χ0) is 18.2. The number of carbonyl (C=O) groups excluding carboxylic acids is 1. The molecule has 2 fully saturated rings. The molecule has 27 heavy (non-hydrogen) atoms. The summed E-state index contributed by atoms with van der Waals surface area (Å²) in [5, 5.41) is 0. The van der Waals surface area contributed by atoms with Gasteiger partial charge in [-0.15, -0.1) is 0 Å². The zero-order valence-corrected chi connectivity index (χ0v) is 17.6. The van der Waals surface area contributed by atoms with Crippen LogP contribution >= 0.6 is 0 Å². The molecular formula is C22H35ClN2O2. The average Bonchev–Trinajstić information content (AvgIpc) is 2.89. The number of hydrogen-bond acceptors (Lipinski definition) is 3. The van der Waals surface area contributed by atoms with Crippen molar-refractivity contribution in [1.82, 2.24) is 0 Å². The van der Waals surface area contributed by atoms with E-state index in [1.807, 2.05) is 6.92 Å². The molecule has 5 heteroatoms. The number of rotatable bonds is 6. The van der Waals surface area contributed by atoms with Crippen molar-refractivity contribution in [1.29, 1.82) is 0 Å². The highest BCUT2D eigenvalue weighted by Crippen LogP contribution is 2.24. The van der Waals surface area contributed by atoms with Gasteiger partial charge in [0.1, 0.15) is 0 Å². The number of hydrogen-bond donors (Lipinski definition) is 0. The number of ether oxygens (including phenoxy) is 1. The molecule has 4 nitrogen and oxygen atoms in total. The minimum absolute atomic E-state index is 0. The third-order valence-electron chi connectivity index (χ3n) is 6.16. The van der Waals surface area contributed by atoms with Crippen molar-refractivity contribution in [3.63, 3.8) is 0 Å². The van der Waals surface area contributed by atoms with Crippen molar-refractivity contribution in [2.24, 2.45) is 0 Å². The number of nitrogens with zero attached hydrogens (tertiary/aromatic N) is 2. The fourth-order valence-corrected chi connectivity index (χ4v) is 4.50. The van der Waals surface area contributed by atoms with Crippen LogP contribution in [0.5, 0.6) is 0 Å². The Balaban J connectivity index is 0.00000261. The first-order valence-corrected chi connectivity index (χ1v) is 10.6. The number of anilines is 1. The van der Waals surface area contributed by atoms with Crippen molar-refractivity contribution < 1.29 is 26.4 Å². The van der Waals surface area contributed by atoms with E-state index in [0.717, 1.165) is 12.8 Å². The predicted octanol–water partition coefficient (Wildman–Crippen LogP) is 0.787. The molecule has 0 amide bonds. The van der Waals surface area contributed by atoms with Crippen molar-refractivity contribution in [3.05, 3.63) is 29.8 Å². The molecule has 1 spiro atoms. The summed E-state index contributed by atoms with van der Waals surface area (Å²) in [7, 11) is 0. The molecule has 0 atom stereocenters. The Bertz CT molecular complexity index is 558. The standard InChI is InChI=1S/C22H35N2O2.ClH/c1-2-26-22(25)9-7-8-20-10-12-21(13-11-20)23-14-18-24(19-15-23)16-5-3-4-6-17-24;/h10-13H,2-9,14-19H2,1H3;1H/q+1;/p-1. The highest BCUT2D eigenvalue weighted by molar-refractivity contribution is 5.69. The van der Waals surface area contributed by atoms with E-state index in [2.05, 4.69) is 29.2 Å². The van der Waals surface area contributed by atoms with Gasteiger partial charge in [-0.2, -0.15) is 0 Å². The first-order chi connectivity index (χ1) is 12.7. The molecule has 0 aromatic heterocycles. The molecule has 0 radical (unpaired) electrons. The van der Waals surface area contributed by atoms with Crippen LogP contribution in [0.2, 0.25) is 0 Å². The predicted molar refractivity (Wildman–Crippen MR) is 106 cm³/mol. The minimum Gasteiger partial charge on any atom is -1.00 e. The van der Waals surface area contributed by atoms with Crippen molar-refractivity contribution >= 4 is 11.7 Å². The first-order valence-electron chi connectivity index (χ1n) is 10.6. The highest BCUT2D eigenvalue weighted by Gasteiger charge is 2.33. The summed E-state index contributed by atoms with van der Waals surface area (Å²) >= 11 is 0. The van der Waals surface area contributed by atoms with E-state index in [4.69, 9.17) is 4.74 Å². The van der Waals surface area contributed by atoms with E-state index in [9.17, 15) is 4.79 Å². The fraction of sp³-hybridized carbons (Fsp3) is 0.682. The molecule has 2 heterocycles. The lowest BCUT2D eigenvalue weighted by Crippen LogP contribution is -3.00. The number of aryl methyl sites for hydroxylation is 1. The van der Waals surface area contributed by atoms with E-state index < -0.39 is 0 Å². The van der Waals surface area contributed by atoms with Gasteiger partial charge in [-0.3, -0.25) is 4.79 Å². The van der Waals surface area contributed by atoms with Crippen LogP contribution < -0.4 is 17.3 Å². The third kappa shape index (κ3) is 6.39. The Morgan fingerprint density at radius 1 is 1.00 bits per heavy atom. The van der Waals surface area contributed by atoms with Crippen molar-refractivity contribution in [3.8, 4) is 0 Å². The maximum Gasteiger partial charge on any atom is 0.305 e. The van der Waals surface area contributed by atoms with Gasteiger partial charge in [-0.25, -0.2) is 0 Å². The molecule has 0 N–H and O–H groups in total. The maximum absolute atomic E-state index is 11.4. The van der Waals surface area contributed by atoms with E-state index in [-0.39, 0.29) is 18.4 Å². The topological polar surface area (TPSA) is 29.5 Å². The second-order valence-electron chi connectivity index (χ2n) is 7.96. The van der Waals surface area contributed by atoms with Crippen LogP contribution in [0.4, 0.5) is 5.69 Å². The van der Waals surface area contributed by atoms with Crippen molar-refractivity contribution in [2.45, 2.75) is 51.9 Å². The van der Waals surface area contributed by atoms with Gasteiger partial charge in [-0.1, -0.05) is 12.1 Å². The maximum atomic E-state index is 11.4. The van der Waals surface area contributed by atoms with E-state index in [1.54, 1.807) is 0 Å². The number of piperazine rings is 1. The molecule has 2 aliphatic heterocycles. The Hall–Kier alpha value is -1.26. The van der Waals surface area contributed by atoms with Crippen LogP contribution in [-0.2, 0) is 16.0 Å². The average molecular weight is 395 g/mol. The van der Waals surface area contributed by atoms with Crippen LogP contribution in [0, 0.1) is 0 Å². The highest BCUT2D eigenvalue weighted by atomic mass is 35.5. The lowest BCUT2D eigenvalue weighted by Gasteiger charge is -2.45. The van der Waals surface area contributed by atoms with Crippen molar-refractivity contribution in [2.75, 3.05) is 50.8 Å². The summed E-state index contributed by atoms with van der Waals surface area (Å²) in [6.45, 7) is 10.1. The fourth-order valence-electron chi connectivity index (χ4n) is 4.50. The summed E-state index contributed by atoms with van der Waals surface area (Å²) < 4.78 is 6.35. The summed E-state index contributed by atoms with van der Waals surface area (Å²) in [6, 6.07) is 8.98. The van der Waals surface area contributed by atoms with Gasteiger partial charge >= 0.3 is 5.97 Å². The Labute approximate surface area is 170 Å². The second kappa shape index (κ2) is 10.9. The number of quaternary nitrogens is 1. The number of esters is 1. The molecule has 0 aliphatic carbocycles. The summed E-state index contributed by atoms with van der Waals surface area (Å²) in [6.07, 6.45) is 8.02. The minimum atomic E-state index is -0.0806. The molecule has 2 saturated heterocycles. The molecule has 1 aromatic rings. The van der Waals surface area contributed by atoms with Crippen LogP contribution in [0.15, 0.2) is 24.3 Å². The summed E-state index contributed by atoms with van der Waals surface area (Å²) in [5.41, 5.74) is 2.66. The Kier molecular flexibility index (Phi) is 8.91. The quantitative estimate of drug-likeness (QED) is 0.527. The largest absolute Gasteiger partial charge is 1.00 e. The van der Waals surface area contributed by atoms with Gasteiger partial charge in [0, 0.05) is 12.1 Å². The molecule has 0 bridgehead atoms. The molecule has 0 unspecified atom stereocenters. The van der Waals surface area contributed by atoms with Crippen LogP contribution in [0.25, 0.3) is 0 Å². The van der Waals surface area contributed by atoms with E-state index in [1.165, 1.54) is 80.7 Å². The van der Waals surface area contributed by atoms with Gasteiger partial charge in [0.05, 0.1) is 45.9 Å². The SMILES string of the molecule is CCOC(=O)CCCc1ccc(N2CC[N+]3(CCCCCC3)CC2)cc1.[Cl-]. The smallest absolute Gasteiger partial charge is 0.305 e. The second-order valence-corrected chi connectivity index (χ2v) is 7.96. The molecule has 152 valence electrons. The van der Waals surface area contributed by atoms with Gasteiger partial charge in [0.25, 0.3) is 0 Å². The van der Waals surface area contributed by atoms with Gasteiger partial charge in [0.2, 0.25) is 0 Å². The van der Waals surface area contributed by atoms with Gasteiger partial charge in [0.15, 0.2) is 0 Å². The lowest BCUT2D eigenvalue weighted by atomic mass is 10.1.